The van der Waals surface area contributed by atoms with Gasteiger partial charge < -0.3 is 4.74 Å². The SMILES string of the molecule is O=C(OCc1cccc2ccccc12)SC1CC1. The highest BCUT2D eigenvalue weighted by Gasteiger charge is 2.26. The van der Waals surface area contributed by atoms with Gasteiger partial charge in [-0.05, 0) is 40.9 Å². The molecule has 0 radical (unpaired) electrons. The highest BCUT2D eigenvalue weighted by Crippen LogP contribution is 2.35. The number of fused-ring (bicyclic) bond motifs is 1. The van der Waals surface area contributed by atoms with Crippen LogP contribution in [0.1, 0.15) is 18.4 Å². The molecule has 1 saturated carbocycles. The van der Waals surface area contributed by atoms with Gasteiger partial charge in [0.15, 0.2) is 0 Å². The number of ether oxygens (including phenoxy) is 1. The molecule has 1 aliphatic rings. The average molecular weight is 258 g/mol. The zero-order chi connectivity index (χ0) is 12.4. The molecule has 3 rings (SSSR count). The second-order valence-electron chi connectivity index (χ2n) is 4.49. The van der Waals surface area contributed by atoms with Crippen molar-refractivity contribution in [2.24, 2.45) is 0 Å². The van der Waals surface area contributed by atoms with Crippen LogP contribution in [-0.4, -0.2) is 10.6 Å². The summed E-state index contributed by atoms with van der Waals surface area (Å²) in [7, 11) is 0. The lowest BCUT2D eigenvalue weighted by Crippen LogP contribution is -1.99. The molecular formula is C15H14O2S. The quantitative estimate of drug-likeness (QED) is 0.765. The summed E-state index contributed by atoms with van der Waals surface area (Å²) < 4.78 is 5.31. The number of carbonyl (C=O) groups is 1. The van der Waals surface area contributed by atoms with Gasteiger partial charge >= 0.3 is 5.30 Å². The molecular weight excluding hydrogens is 244 g/mol. The summed E-state index contributed by atoms with van der Waals surface area (Å²) in [6.45, 7) is 0.361. The molecule has 0 amide bonds. The molecule has 92 valence electrons. The Kier molecular flexibility index (Phi) is 3.24. The van der Waals surface area contributed by atoms with Crippen molar-refractivity contribution in [3.05, 3.63) is 48.0 Å². The van der Waals surface area contributed by atoms with Crippen LogP contribution in [-0.2, 0) is 11.3 Å². The fraction of sp³-hybridized carbons (Fsp3) is 0.267. The van der Waals surface area contributed by atoms with Gasteiger partial charge in [0.1, 0.15) is 6.61 Å². The van der Waals surface area contributed by atoms with E-state index in [4.69, 9.17) is 4.74 Å². The van der Waals surface area contributed by atoms with Gasteiger partial charge in [-0.25, -0.2) is 4.79 Å². The standard InChI is InChI=1S/C15H14O2S/c16-15(18-13-8-9-13)17-10-12-6-3-5-11-4-1-2-7-14(11)12/h1-7,13H,8-10H2. The summed E-state index contributed by atoms with van der Waals surface area (Å²) in [6, 6.07) is 14.2. The normalized spacial score (nSPS) is 14.7. The van der Waals surface area contributed by atoms with Crippen LogP contribution in [0.2, 0.25) is 0 Å². The average Bonchev–Trinajstić information content (AvgIpc) is 3.20. The molecule has 0 unspecified atom stereocenters. The predicted octanol–water partition coefficient (Wildman–Crippen LogP) is 4.37. The predicted molar refractivity (Wildman–Crippen MR) is 74.7 cm³/mol. The van der Waals surface area contributed by atoms with Crippen molar-refractivity contribution in [3.8, 4) is 0 Å². The number of carbonyl (C=O) groups excluding carboxylic acids is 1. The van der Waals surface area contributed by atoms with E-state index in [1.54, 1.807) is 0 Å². The van der Waals surface area contributed by atoms with Crippen LogP contribution in [0, 0.1) is 0 Å². The van der Waals surface area contributed by atoms with E-state index in [-0.39, 0.29) is 5.30 Å². The molecule has 0 aliphatic heterocycles. The van der Waals surface area contributed by atoms with Crippen LogP contribution >= 0.6 is 11.8 Å². The Morgan fingerprint density at radius 2 is 1.94 bits per heavy atom. The van der Waals surface area contributed by atoms with Crippen LogP contribution < -0.4 is 0 Å². The smallest absolute Gasteiger partial charge is 0.367 e. The van der Waals surface area contributed by atoms with E-state index in [0.29, 0.717) is 11.9 Å². The van der Waals surface area contributed by atoms with Crippen LogP contribution in [0.4, 0.5) is 4.79 Å². The minimum atomic E-state index is -0.148. The summed E-state index contributed by atoms with van der Waals surface area (Å²) in [5.74, 6) is 0. The Morgan fingerprint density at radius 3 is 2.78 bits per heavy atom. The Bertz CT molecular complexity index is 570. The minimum absolute atomic E-state index is 0.148. The Hall–Kier alpha value is -1.48. The zero-order valence-electron chi connectivity index (χ0n) is 9.96. The number of benzene rings is 2. The van der Waals surface area contributed by atoms with Crippen molar-refractivity contribution in [3.63, 3.8) is 0 Å². The highest BCUT2D eigenvalue weighted by molar-refractivity contribution is 8.14. The van der Waals surface area contributed by atoms with Crippen molar-refractivity contribution in [2.45, 2.75) is 24.7 Å². The Balaban J connectivity index is 1.71. The third-order valence-corrected chi connectivity index (χ3v) is 4.13. The molecule has 18 heavy (non-hydrogen) atoms. The lowest BCUT2D eigenvalue weighted by Gasteiger charge is -2.07. The maximum Gasteiger partial charge on any atom is 0.367 e. The maximum absolute atomic E-state index is 11.5. The van der Waals surface area contributed by atoms with Crippen molar-refractivity contribution in [2.75, 3.05) is 0 Å². The third kappa shape index (κ3) is 2.67. The summed E-state index contributed by atoms with van der Waals surface area (Å²) in [5, 5.41) is 2.69. The number of hydrogen-bond donors (Lipinski definition) is 0. The molecule has 2 nitrogen and oxygen atoms in total. The Morgan fingerprint density at radius 1 is 1.17 bits per heavy atom. The first kappa shape index (κ1) is 11.6. The van der Waals surface area contributed by atoms with E-state index in [1.807, 2.05) is 24.3 Å². The van der Waals surface area contributed by atoms with Crippen LogP contribution in [0.15, 0.2) is 42.5 Å². The first-order chi connectivity index (χ1) is 8.83. The fourth-order valence-electron chi connectivity index (χ4n) is 1.91. The van der Waals surface area contributed by atoms with E-state index < -0.39 is 0 Å². The lowest BCUT2D eigenvalue weighted by molar-refractivity contribution is 0.169. The van der Waals surface area contributed by atoms with Crippen molar-refractivity contribution < 1.29 is 9.53 Å². The molecule has 0 bridgehead atoms. The van der Waals surface area contributed by atoms with Crippen LogP contribution in [0.5, 0.6) is 0 Å². The van der Waals surface area contributed by atoms with Gasteiger partial charge in [-0.1, -0.05) is 42.5 Å². The monoisotopic (exact) mass is 258 g/mol. The van der Waals surface area contributed by atoms with Gasteiger partial charge in [0, 0.05) is 5.25 Å². The largest absolute Gasteiger partial charge is 0.453 e. The molecule has 1 fully saturated rings. The van der Waals surface area contributed by atoms with E-state index in [2.05, 4.69) is 18.2 Å². The van der Waals surface area contributed by atoms with E-state index >= 15 is 0 Å². The topological polar surface area (TPSA) is 26.3 Å². The van der Waals surface area contributed by atoms with Crippen molar-refractivity contribution in [1.29, 1.82) is 0 Å². The van der Waals surface area contributed by atoms with Gasteiger partial charge in [-0.2, -0.15) is 0 Å². The highest BCUT2D eigenvalue weighted by atomic mass is 32.2. The number of thioether (sulfide) groups is 1. The molecule has 0 aromatic heterocycles. The van der Waals surface area contributed by atoms with E-state index in [0.717, 1.165) is 23.8 Å². The van der Waals surface area contributed by atoms with Gasteiger partial charge in [-0.15, -0.1) is 0 Å². The first-order valence-corrected chi connectivity index (χ1v) is 7.01. The van der Waals surface area contributed by atoms with Crippen LogP contribution in [0.25, 0.3) is 10.8 Å². The third-order valence-electron chi connectivity index (χ3n) is 3.01. The summed E-state index contributed by atoms with van der Waals surface area (Å²) in [6.07, 6.45) is 2.29. The summed E-state index contributed by atoms with van der Waals surface area (Å²) in [5.41, 5.74) is 1.07. The van der Waals surface area contributed by atoms with E-state index in [9.17, 15) is 4.79 Å². The van der Waals surface area contributed by atoms with Gasteiger partial charge in [0.2, 0.25) is 0 Å². The number of rotatable bonds is 3. The molecule has 2 aromatic rings. The molecule has 2 aromatic carbocycles. The molecule has 0 heterocycles. The first-order valence-electron chi connectivity index (χ1n) is 6.13. The Labute approximate surface area is 110 Å². The summed E-state index contributed by atoms with van der Waals surface area (Å²) in [4.78, 5) is 11.5. The van der Waals surface area contributed by atoms with Crippen LogP contribution in [0.3, 0.4) is 0 Å². The van der Waals surface area contributed by atoms with Crippen molar-refractivity contribution in [1.82, 2.24) is 0 Å². The summed E-state index contributed by atoms with van der Waals surface area (Å²) >= 11 is 1.33. The van der Waals surface area contributed by atoms with Gasteiger partial charge in [0.25, 0.3) is 0 Å². The van der Waals surface area contributed by atoms with Crippen molar-refractivity contribution >= 4 is 27.8 Å². The fourth-order valence-corrected chi connectivity index (χ4v) is 2.68. The molecule has 0 saturated heterocycles. The number of hydrogen-bond acceptors (Lipinski definition) is 3. The second kappa shape index (κ2) is 5.02. The van der Waals surface area contributed by atoms with Gasteiger partial charge in [-0.3, -0.25) is 0 Å². The van der Waals surface area contributed by atoms with Gasteiger partial charge in [0.05, 0.1) is 0 Å². The molecule has 1 aliphatic carbocycles. The van der Waals surface area contributed by atoms with E-state index in [1.165, 1.54) is 17.1 Å². The second-order valence-corrected chi connectivity index (χ2v) is 5.73. The minimum Gasteiger partial charge on any atom is -0.453 e. The lowest BCUT2D eigenvalue weighted by atomic mass is 10.1. The molecule has 0 atom stereocenters. The molecule has 3 heteroatoms. The molecule has 0 N–H and O–H groups in total. The maximum atomic E-state index is 11.5. The molecule has 0 spiro atoms. The zero-order valence-corrected chi connectivity index (χ0v) is 10.8.